The summed E-state index contributed by atoms with van der Waals surface area (Å²) in [6.45, 7) is 0. The minimum atomic E-state index is 0.169. The van der Waals surface area contributed by atoms with Crippen LogP contribution >= 0.6 is 27.3 Å². The van der Waals surface area contributed by atoms with Crippen molar-refractivity contribution in [3.05, 3.63) is 50.6 Å². The maximum absolute atomic E-state index is 5.41. The van der Waals surface area contributed by atoms with Crippen molar-refractivity contribution >= 4 is 27.3 Å². The average Bonchev–Trinajstić information content (AvgIpc) is 2.77. The van der Waals surface area contributed by atoms with Gasteiger partial charge in [-0.1, -0.05) is 18.2 Å². The average molecular weight is 312 g/mol. The van der Waals surface area contributed by atoms with Crippen molar-refractivity contribution in [2.45, 2.75) is 6.04 Å². The minimum absolute atomic E-state index is 0.169. The normalized spacial score (nSPS) is 12.4. The summed E-state index contributed by atoms with van der Waals surface area (Å²) in [6, 6.07) is 12.5. The molecular formula is C13H14BrNOS. The molecule has 1 unspecified atom stereocenters. The molecule has 0 saturated carbocycles. The molecule has 1 N–H and O–H groups in total. The topological polar surface area (TPSA) is 21.3 Å². The van der Waals surface area contributed by atoms with Crippen LogP contribution in [0.3, 0.4) is 0 Å². The van der Waals surface area contributed by atoms with E-state index in [0.29, 0.717) is 0 Å². The fourth-order valence-electron chi connectivity index (χ4n) is 1.84. The minimum Gasteiger partial charge on any atom is -0.496 e. The number of para-hydroxylation sites is 1. The van der Waals surface area contributed by atoms with Gasteiger partial charge in [0, 0.05) is 10.4 Å². The number of halogens is 1. The van der Waals surface area contributed by atoms with Crippen LogP contribution in [-0.2, 0) is 0 Å². The van der Waals surface area contributed by atoms with Crippen molar-refractivity contribution in [1.82, 2.24) is 5.32 Å². The first-order valence-electron chi connectivity index (χ1n) is 5.31. The summed E-state index contributed by atoms with van der Waals surface area (Å²) in [6.07, 6.45) is 0. The summed E-state index contributed by atoms with van der Waals surface area (Å²) in [7, 11) is 3.67. The molecule has 0 saturated heterocycles. The second kappa shape index (κ2) is 5.67. The van der Waals surface area contributed by atoms with Crippen LogP contribution in [0.1, 0.15) is 16.5 Å². The number of hydrogen-bond donors (Lipinski definition) is 1. The van der Waals surface area contributed by atoms with E-state index >= 15 is 0 Å². The summed E-state index contributed by atoms with van der Waals surface area (Å²) in [5.74, 6) is 0.913. The lowest BCUT2D eigenvalue weighted by molar-refractivity contribution is 0.405. The van der Waals surface area contributed by atoms with E-state index in [1.54, 1.807) is 18.4 Å². The molecule has 90 valence electrons. The molecule has 2 nitrogen and oxygen atoms in total. The third-order valence-corrected chi connectivity index (χ3v) is 4.31. The van der Waals surface area contributed by atoms with Gasteiger partial charge in [0.25, 0.3) is 0 Å². The largest absolute Gasteiger partial charge is 0.496 e. The fraction of sp³-hybridized carbons (Fsp3) is 0.231. The zero-order valence-corrected chi connectivity index (χ0v) is 12.1. The molecule has 0 radical (unpaired) electrons. The van der Waals surface area contributed by atoms with E-state index in [0.717, 1.165) is 15.1 Å². The van der Waals surface area contributed by atoms with Crippen LogP contribution in [0.5, 0.6) is 5.75 Å². The van der Waals surface area contributed by atoms with Crippen LogP contribution < -0.4 is 10.1 Å². The summed E-state index contributed by atoms with van der Waals surface area (Å²) in [4.78, 5) is 1.27. The van der Waals surface area contributed by atoms with E-state index in [2.05, 4.69) is 39.4 Å². The van der Waals surface area contributed by atoms with Gasteiger partial charge in [0.15, 0.2) is 0 Å². The van der Waals surface area contributed by atoms with Crippen LogP contribution in [0.2, 0.25) is 0 Å². The van der Waals surface area contributed by atoms with Crippen LogP contribution in [0, 0.1) is 0 Å². The van der Waals surface area contributed by atoms with E-state index in [1.165, 1.54) is 4.88 Å². The molecule has 0 bridgehead atoms. The van der Waals surface area contributed by atoms with Gasteiger partial charge in [-0.3, -0.25) is 0 Å². The second-order valence-electron chi connectivity index (χ2n) is 3.61. The van der Waals surface area contributed by atoms with Crippen molar-refractivity contribution in [2.24, 2.45) is 0 Å². The van der Waals surface area contributed by atoms with Crippen LogP contribution in [0.4, 0.5) is 0 Å². The monoisotopic (exact) mass is 311 g/mol. The quantitative estimate of drug-likeness (QED) is 0.926. The molecule has 1 aromatic heterocycles. The van der Waals surface area contributed by atoms with Crippen molar-refractivity contribution < 1.29 is 4.74 Å². The predicted molar refractivity (Wildman–Crippen MR) is 75.9 cm³/mol. The van der Waals surface area contributed by atoms with Crippen molar-refractivity contribution in [3.8, 4) is 5.75 Å². The van der Waals surface area contributed by atoms with Gasteiger partial charge in [-0.25, -0.2) is 0 Å². The Hall–Kier alpha value is -0.840. The van der Waals surface area contributed by atoms with Crippen LogP contribution in [0.25, 0.3) is 0 Å². The Morgan fingerprint density at radius 1 is 1.24 bits per heavy atom. The fourth-order valence-corrected chi connectivity index (χ4v) is 3.39. The van der Waals surface area contributed by atoms with E-state index in [-0.39, 0.29) is 6.04 Å². The number of thiophene rings is 1. The summed E-state index contributed by atoms with van der Waals surface area (Å²) in [5, 5.41) is 3.33. The smallest absolute Gasteiger partial charge is 0.124 e. The van der Waals surface area contributed by atoms with Crippen LogP contribution in [0.15, 0.2) is 40.2 Å². The van der Waals surface area contributed by atoms with Gasteiger partial charge in [-0.2, -0.15) is 0 Å². The molecule has 0 aliphatic carbocycles. The SMILES string of the molecule is CNC(c1ccc(Br)s1)c1ccccc1OC. The first-order valence-corrected chi connectivity index (χ1v) is 6.92. The van der Waals surface area contributed by atoms with Crippen molar-refractivity contribution in [1.29, 1.82) is 0 Å². The van der Waals surface area contributed by atoms with Gasteiger partial charge < -0.3 is 10.1 Å². The molecule has 1 atom stereocenters. The highest BCUT2D eigenvalue weighted by molar-refractivity contribution is 9.11. The van der Waals surface area contributed by atoms with Gasteiger partial charge >= 0.3 is 0 Å². The zero-order chi connectivity index (χ0) is 12.3. The van der Waals surface area contributed by atoms with Gasteiger partial charge in [0.2, 0.25) is 0 Å². The van der Waals surface area contributed by atoms with E-state index in [1.807, 2.05) is 25.2 Å². The summed E-state index contributed by atoms with van der Waals surface area (Å²) in [5.41, 5.74) is 1.16. The van der Waals surface area contributed by atoms with Crippen molar-refractivity contribution in [3.63, 3.8) is 0 Å². The Morgan fingerprint density at radius 2 is 2.00 bits per heavy atom. The van der Waals surface area contributed by atoms with E-state index in [9.17, 15) is 0 Å². The Labute approximate surface area is 114 Å². The highest BCUT2D eigenvalue weighted by Crippen LogP contribution is 2.34. The first-order chi connectivity index (χ1) is 8.26. The Morgan fingerprint density at radius 3 is 2.59 bits per heavy atom. The van der Waals surface area contributed by atoms with Gasteiger partial charge in [0.1, 0.15) is 5.75 Å². The lowest BCUT2D eigenvalue weighted by Gasteiger charge is -2.17. The van der Waals surface area contributed by atoms with Gasteiger partial charge in [0.05, 0.1) is 16.9 Å². The molecule has 4 heteroatoms. The zero-order valence-electron chi connectivity index (χ0n) is 9.74. The highest BCUT2D eigenvalue weighted by Gasteiger charge is 2.17. The summed E-state index contributed by atoms with van der Waals surface area (Å²) >= 11 is 5.23. The number of hydrogen-bond acceptors (Lipinski definition) is 3. The molecular weight excluding hydrogens is 298 g/mol. The number of nitrogens with one attached hydrogen (secondary N) is 1. The molecule has 17 heavy (non-hydrogen) atoms. The molecule has 2 rings (SSSR count). The van der Waals surface area contributed by atoms with Gasteiger partial charge in [-0.15, -0.1) is 11.3 Å². The molecule has 0 spiro atoms. The number of rotatable bonds is 4. The number of benzene rings is 1. The lowest BCUT2D eigenvalue weighted by atomic mass is 10.0. The molecule has 0 amide bonds. The maximum atomic E-state index is 5.41. The first kappa shape index (κ1) is 12.6. The third-order valence-electron chi connectivity index (χ3n) is 2.62. The Bertz CT molecular complexity index is 498. The number of ether oxygens (including phenoxy) is 1. The molecule has 2 aromatic rings. The number of methoxy groups -OCH3 is 1. The van der Waals surface area contributed by atoms with E-state index in [4.69, 9.17) is 4.74 Å². The predicted octanol–water partition coefficient (Wildman–Crippen LogP) is 3.83. The maximum Gasteiger partial charge on any atom is 0.124 e. The highest BCUT2D eigenvalue weighted by atomic mass is 79.9. The summed E-state index contributed by atoms with van der Waals surface area (Å²) < 4.78 is 6.55. The molecule has 1 aromatic carbocycles. The molecule has 0 aliphatic rings. The molecule has 1 heterocycles. The Balaban J connectivity index is 2.41. The second-order valence-corrected chi connectivity index (χ2v) is 6.10. The third kappa shape index (κ3) is 2.70. The van der Waals surface area contributed by atoms with E-state index < -0.39 is 0 Å². The molecule has 0 aliphatic heterocycles. The van der Waals surface area contributed by atoms with Crippen molar-refractivity contribution in [2.75, 3.05) is 14.2 Å². The Kier molecular flexibility index (Phi) is 4.20. The standard InChI is InChI=1S/C13H14BrNOS/c1-15-13(11-7-8-12(14)17-11)9-5-3-4-6-10(9)16-2/h3-8,13,15H,1-2H3. The van der Waals surface area contributed by atoms with Gasteiger partial charge in [-0.05, 0) is 41.2 Å². The van der Waals surface area contributed by atoms with Crippen LogP contribution in [-0.4, -0.2) is 14.2 Å². The molecule has 0 fully saturated rings. The lowest BCUT2D eigenvalue weighted by Crippen LogP contribution is -2.17.